The molecule has 120 valence electrons. The van der Waals surface area contributed by atoms with Gasteiger partial charge in [0.05, 0.1) is 5.69 Å². The van der Waals surface area contributed by atoms with Gasteiger partial charge in [0.25, 0.3) is 0 Å². The molecule has 1 aromatic carbocycles. The van der Waals surface area contributed by atoms with Crippen LogP contribution in [0.2, 0.25) is 0 Å². The first kappa shape index (κ1) is 14.3. The van der Waals surface area contributed by atoms with Gasteiger partial charge in [-0.15, -0.1) is 0 Å². The predicted molar refractivity (Wildman–Crippen MR) is 90.7 cm³/mol. The van der Waals surface area contributed by atoms with Crippen LogP contribution in [-0.2, 0) is 6.54 Å². The number of nitrogens with zero attached hydrogens (tertiary/aromatic N) is 3. The summed E-state index contributed by atoms with van der Waals surface area (Å²) in [5.74, 6) is 0.611. The van der Waals surface area contributed by atoms with E-state index >= 15 is 0 Å². The predicted octanol–water partition coefficient (Wildman–Crippen LogP) is 3.37. The fourth-order valence-corrected chi connectivity index (χ4v) is 3.20. The first-order chi connectivity index (χ1) is 11.3. The minimum absolute atomic E-state index is 0.0000646. The molecule has 0 bridgehead atoms. The lowest BCUT2D eigenvalue weighted by Crippen LogP contribution is -2.46. The number of rotatable bonds is 4. The van der Waals surface area contributed by atoms with Gasteiger partial charge in [-0.05, 0) is 43.9 Å². The first-order valence-corrected chi connectivity index (χ1v) is 8.49. The van der Waals surface area contributed by atoms with E-state index in [4.69, 9.17) is 5.10 Å². The van der Waals surface area contributed by atoms with Crippen LogP contribution >= 0.6 is 0 Å². The molecular formula is C18H22N4O. The summed E-state index contributed by atoms with van der Waals surface area (Å²) < 4.78 is 2.02. The normalized spacial score (nSPS) is 18.1. The van der Waals surface area contributed by atoms with Gasteiger partial charge in [-0.3, -0.25) is 9.58 Å². The summed E-state index contributed by atoms with van der Waals surface area (Å²) in [4.78, 5) is 13.9. The number of aromatic nitrogens is 2. The highest BCUT2D eigenvalue weighted by Crippen LogP contribution is 2.44. The molecule has 1 N–H and O–H groups in total. The second-order valence-corrected chi connectivity index (χ2v) is 6.35. The van der Waals surface area contributed by atoms with Crippen molar-refractivity contribution in [2.75, 3.05) is 18.0 Å². The fourth-order valence-electron chi connectivity index (χ4n) is 3.20. The van der Waals surface area contributed by atoms with Crippen molar-refractivity contribution in [3.8, 4) is 11.1 Å². The van der Waals surface area contributed by atoms with E-state index < -0.39 is 0 Å². The first-order valence-electron chi connectivity index (χ1n) is 8.49. The third-order valence-corrected chi connectivity index (χ3v) is 4.63. The van der Waals surface area contributed by atoms with Gasteiger partial charge in [-0.2, -0.15) is 5.10 Å². The van der Waals surface area contributed by atoms with E-state index in [0.717, 1.165) is 37.3 Å². The van der Waals surface area contributed by atoms with E-state index in [1.165, 1.54) is 24.1 Å². The van der Waals surface area contributed by atoms with Crippen molar-refractivity contribution in [3.05, 3.63) is 36.2 Å². The van der Waals surface area contributed by atoms with Gasteiger partial charge < -0.3 is 5.32 Å². The molecule has 2 aromatic rings. The molecule has 2 fully saturated rings. The Kier molecular flexibility index (Phi) is 3.56. The number of amides is 2. The fraction of sp³-hybridized carbons (Fsp3) is 0.444. The van der Waals surface area contributed by atoms with Crippen molar-refractivity contribution in [2.24, 2.45) is 0 Å². The number of urea groups is 1. The maximum absolute atomic E-state index is 12.1. The van der Waals surface area contributed by atoms with Gasteiger partial charge in [-0.25, -0.2) is 4.79 Å². The zero-order valence-electron chi connectivity index (χ0n) is 13.5. The topological polar surface area (TPSA) is 50.2 Å². The van der Waals surface area contributed by atoms with Crippen molar-refractivity contribution in [1.29, 1.82) is 0 Å². The summed E-state index contributed by atoms with van der Waals surface area (Å²) in [6.45, 7) is 4.54. The third kappa shape index (κ3) is 2.71. The van der Waals surface area contributed by atoms with Crippen LogP contribution in [0.15, 0.2) is 30.5 Å². The van der Waals surface area contributed by atoms with E-state index in [-0.39, 0.29) is 6.03 Å². The van der Waals surface area contributed by atoms with Gasteiger partial charge >= 0.3 is 6.03 Å². The zero-order chi connectivity index (χ0) is 15.8. The second-order valence-electron chi connectivity index (χ2n) is 6.35. The SMILES string of the molecule is CCn1cc(-c2cccc(N3CCCNC3=O)c2)c(C2CC2)n1. The van der Waals surface area contributed by atoms with Crippen LogP contribution in [0.1, 0.15) is 37.8 Å². The maximum atomic E-state index is 12.1. The Hall–Kier alpha value is -2.30. The molecule has 1 aliphatic carbocycles. The second kappa shape index (κ2) is 5.72. The lowest BCUT2D eigenvalue weighted by atomic mass is 10.0. The van der Waals surface area contributed by atoms with Gasteiger partial charge in [-0.1, -0.05) is 12.1 Å². The van der Waals surface area contributed by atoms with E-state index in [0.29, 0.717) is 5.92 Å². The molecule has 1 saturated heterocycles. The van der Waals surface area contributed by atoms with Crippen molar-refractivity contribution >= 4 is 11.7 Å². The van der Waals surface area contributed by atoms with Gasteiger partial charge in [0.1, 0.15) is 0 Å². The standard InChI is InChI=1S/C18H22N4O/c1-2-21-12-16(17(20-21)13-7-8-13)14-5-3-6-15(11-14)22-10-4-9-19-18(22)23/h3,5-6,11-13H,2,4,7-10H2,1H3,(H,19,23). The van der Waals surface area contributed by atoms with Crippen molar-refractivity contribution in [1.82, 2.24) is 15.1 Å². The van der Waals surface area contributed by atoms with Crippen LogP contribution in [-0.4, -0.2) is 28.9 Å². The Labute approximate surface area is 136 Å². The molecule has 2 heterocycles. The molecule has 2 aliphatic rings. The highest BCUT2D eigenvalue weighted by molar-refractivity contribution is 5.93. The van der Waals surface area contributed by atoms with E-state index in [2.05, 4.69) is 30.6 Å². The zero-order valence-corrected chi connectivity index (χ0v) is 13.5. The summed E-state index contributed by atoms with van der Waals surface area (Å²) in [5, 5.41) is 7.66. The molecule has 0 unspecified atom stereocenters. The number of carbonyl (C=O) groups is 1. The van der Waals surface area contributed by atoms with Crippen LogP contribution in [0.4, 0.5) is 10.5 Å². The van der Waals surface area contributed by atoms with Crippen molar-refractivity contribution in [3.63, 3.8) is 0 Å². The Bertz CT molecular complexity index is 732. The van der Waals surface area contributed by atoms with Crippen LogP contribution in [0, 0.1) is 0 Å². The molecule has 0 radical (unpaired) electrons. The monoisotopic (exact) mass is 310 g/mol. The molecule has 1 aliphatic heterocycles. The molecule has 23 heavy (non-hydrogen) atoms. The molecule has 1 saturated carbocycles. The van der Waals surface area contributed by atoms with Crippen molar-refractivity contribution in [2.45, 2.75) is 38.6 Å². The number of hydrogen-bond acceptors (Lipinski definition) is 2. The van der Waals surface area contributed by atoms with Crippen LogP contribution in [0.5, 0.6) is 0 Å². The smallest absolute Gasteiger partial charge is 0.321 e. The number of aryl methyl sites for hydroxylation is 1. The Balaban J connectivity index is 1.71. The summed E-state index contributed by atoms with van der Waals surface area (Å²) in [6.07, 6.45) is 5.60. The molecule has 0 atom stereocenters. The quantitative estimate of drug-likeness (QED) is 0.941. The number of hydrogen-bond donors (Lipinski definition) is 1. The number of nitrogens with one attached hydrogen (secondary N) is 1. The average Bonchev–Trinajstić information content (AvgIpc) is 3.34. The molecule has 5 heteroatoms. The van der Waals surface area contributed by atoms with Crippen LogP contribution < -0.4 is 10.2 Å². The molecule has 5 nitrogen and oxygen atoms in total. The lowest BCUT2D eigenvalue weighted by Gasteiger charge is -2.27. The van der Waals surface area contributed by atoms with E-state index in [9.17, 15) is 4.79 Å². The summed E-state index contributed by atoms with van der Waals surface area (Å²) in [6, 6.07) is 8.28. The average molecular weight is 310 g/mol. The maximum Gasteiger partial charge on any atom is 0.321 e. The van der Waals surface area contributed by atoms with Crippen LogP contribution in [0.25, 0.3) is 11.1 Å². The number of carbonyl (C=O) groups excluding carboxylic acids is 1. The van der Waals surface area contributed by atoms with Crippen LogP contribution in [0.3, 0.4) is 0 Å². The summed E-state index contributed by atoms with van der Waals surface area (Å²) in [7, 11) is 0. The molecule has 0 spiro atoms. The Morgan fingerprint density at radius 1 is 1.35 bits per heavy atom. The molecule has 1 aromatic heterocycles. The lowest BCUT2D eigenvalue weighted by molar-refractivity contribution is 0.243. The highest BCUT2D eigenvalue weighted by atomic mass is 16.2. The minimum atomic E-state index is 0.0000646. The highest BCUT2D eigenvalue weighted by Gasteiger charge is 2.30. The number of benzene rings is 1. The Morgan fingerprint density at radius 2 is 2.22 bits per heavy atom. The van der Waals surface area contributed by atoms with Gasteiger partial charge in [0, 0.05) is 43.0 Å². The molecular weight excluding hydrogens is 288 g/mol. The van der Waals surface area contributed by atoms with Gasteiger partial charge in [0.15, 0.2) is 0 Å². The number of anilines is 1. The largest absolute Gasteiger partial charge is 0.338 e. The molecule has 2 amide bonds. The van der Waals surface area contributed by atoms with Gasteiger partial charge in [0.2, 0.25) is 0 Å². The Morgan fingerprint density at radius 3 is 2.96 bits per heavy atom. The van der Waals surface area contributed by atoms with Crippen molar-refractivity contribution < 1.29 is 4.79 Å². The third-order valence-electron chi connectivity index (χ3n) is 4.63. The summed E-state index contributed by atoms with van der Waals surface area (Å²) >= 11 is 0. The minimum Gasteiger partial charge on any atom is -0.338 e. The van der Waals surface area contributed by atoms with E-state index in [1.54, 1.807) is 0 Å². The molecule has 4 rings (SSSR count). The summed E-state index contributed by atoms with van der Waals surface area (Å²) in [5.41, 5.74) is 4.55. The van der Waals surface area contributed by atoms with E-state index in [1.807, 2.05) is 21.7 Å².